The van der Waals surface area contributed by atoms with Gasteiger partial charge >= 0.3 is 5.97 Å². The topological polar surface area (TPSA) is 119 Å². The molecule has 1 unspecified atom stereocenters. The number of nitrogens with zero attached hydrogens (tertiary/aromatic N) is 2. The molecule has 0 heterocycles. The van der Waals surface area contributed by atoms with E-state index >= 15 is 0 Å². The number of hydrogen-bond acceptors (Lipinski definition) is 6. The summed E-state index contributed by atoms with van der Waals surface area (Å²) in [6.45, 7) is 2.07. The molecule has 180 valence electrons. The van der Waals surface area contributed by atoms with E-state index < -0.39 is 23.8 Å². The van der Waals surface area contributed by atoms with Gasteiger partial charge in [0.1, 0.15) is 0 Å². The number of benzene rings is 3. The normalized spacial score (nSPS) is 11.2. The van der Waals surface area contributed by atoms with Gasteiger partial charge < -0.3 is 10.1 Å². The van der Waals surface area contributed by atoms with Gasteiger partial charge in [-0.05, 0) is 35.6 Å². The van der Waals surface area contributed by atoms with Gasteiger partial charge in [0.15, 0.2) is 0 Å². The predicted molar refractivity (Wildman–Crippen MR) is 134 cm³/mol. The maximum absolute atomic E-state index is 12.8. The standard InChI is InChI=1S/C27H29N5O3/c1-2-35-25(33)18-24(17-20-13-15-23(16-14-20)22-11-7-4-8-12-22)30-27(34)26(28)32(31-29)19-21-9-5-3-6-10-21/h3-16,24,28-29H,2,17-19H2,1H3,(H,30,34). The van der Waals surface area contributed by atoms with Crippen LogP contribution in [0.5, 0.6) is 0 Å². The molecule has 1 atom stereocenters. The Morgan fingerprint density at radius 3 is 2.11 bits per heavy atom. The van der Waals surface area contributed by atoms with Crippen molar-refractivity contribution in [2.45, 2.75) is 32.4 Å². The van der Waals surface area contributed by atoms with Gasteiger partial charge in [-0.25, -0.2) is 5.01 Å². The van der Waals surface area contributed by atoms with E-state index in [9.17, 15) is 9.59 Å². The molecule has 8 heteroatoms. The van der Waals surface area contributed by atoms with Crippen LogP contribution in [0.25, 0.3) is 11.1 Å². The molecule has 0 radical (unpaired) electrons. The van der Waals surface area contributed by atoms with E-state index in [1.807, 2.05) is 84.9 Å². The minimum Gasteiger partial charge on any atom is -0.466 e. The maximum Gasteiger partial charge on any atom is 0.307 e. The summed E-state index contributed by atoms with van der Waals surface area (Å²) in [5, 5.41) is 15.3. The molecule has 3 aromatic rings. The van der Waals surface area contributed by atoms with E-state index in [0.717, 1.165) is 27.3 Å². The highest BCUT2D eigenvalue weighted by molar-refractivity contribution is 6.36. The van der Waals surface area contributed by atoms with Crippen LogP contribution in [0.15, 0.2) is 90.2 Å². The summed E-state index contributed by atoms with van der Waals surface area (Å²) in [5.41, 5.74) is 11.3. The SMILES string of the molecule is CCOC(=O)CC(Cc1ccc(-c2ccccc2)cc1)NC(=O)C(=N)N(Cc1ccccc1)N=N. The highest BCUT2D eigenvalue weighted by atomic mass is 16.5. The van der Waals surface area contributed by atoms with Crippen molar-refractivity contribution in [3.05, 3.63) is 96.1 Å². The zero-order chi connectivity index (χ0) is 25.0. The minimum atomic E-state index is -0.716. The summed E-state index contributed by atoms with van der Waals surface area (Å²) >= 11 is 0. The lowest BCUT2D eigenvalue weighted by Crippen LogP contribution is -2.46. The molecule has 0 aromatic heterocycles. The van der Waals surface area contributed by atoms with Gasteiger partial charge in [0.2, 0.25) is 5.84 Å². The number of rotatable bonds is 10. The number of esters is 1. The fourth-order valence-corrected chi connectivity index (χ4v) is 3.64. The number of hydrogen-bond donors (Lipinski definition) is 3. The summed E-state index contributed by atoms with van der Waals surface area (Å²) in [6.07, 6.45) is 0.341. The first-order valence-corrected chi connectivity index (χ1v) is 11.4. The summed E-state index contributed by atoms with van der Waals surface area (Å²) in [5.74, 6) is -1.62. The molecule has 0 aliphatic rings. The van der Waals surface area contributed by atoms with Gasteiger partial charge in [0.25, 0.3) is 5.91 Å². The molecule has 0 aliphatic heterocycles. The van der Waals surface area contributed by atoms with Gasteiger partial charge in [-0.1, -0.05) is 90.2 Å². The highest BCUT2D eigenvalue weighted by Crippen LogP contribution is 2.20. The lowest BCUT2D eigenvalue weighted by Gasteiger charge is -2.22. The van der Waals surface area contributed by atoms with Gasteiger partial charge in [0.05, 0.1) is 19.6 Å². The molecule has 0 spiro atoms. The number of carbonyl (C=O) groups is 2. The largest absolute Gasteiger partial charge is 0.466 e. The Morgan fingerprint density at radius 2 is 1.51 bits per heavy atom. The third-order valence-corrected chi connectivity index (χ3v) is 5.37. The Morgan fingerprint density at radius 1 is 0.914 bits per heavy atom. The van der Waals surface area contributed by atoms with Crippen molar-refractivity contribution in [3.63, 3.8) is 0 Å². The van der Waals surface area contributed by atoms with E-state index in [0.29, 0.717) is 6.42 Å². The van der Waals surface area contributed by atoms with Crippen molar-refractivity contribution in [1.82, 2.24) is 10.3 Å². The average molecular weight is 472 g/mol. The van der Waals surface area contributed by atoms with Crippen molar-refractivity contribution in [1.29, 1.82) is 10.9 Å². The molecule has 0 saturated heterocycles. The Balaban J connectivity index is 1.70. The van der Waals surface area contributed by atoms with Crippen molar-refractivity contribution in [2.75, 3.05) is 6.61 Å². The molecule has 3 N–H and O–H groups in total. The smallest absolute Gasteiger partial charge is 0.307 e. The van der Waals surface area contributed by atoms with Crippen LogP contribution in [0.4, 0.5) is 0 Å². The van der Waals surface area contributed by atoms with E-state index in [1.165, 1.54) is 0 Å². The third-order valence-electron chi connectivity index (χ3n) is 5.37. The predicted octanol–water partition coefficient (Wildman–Crippen LogP) is 4.76. The Kier molecular flexibility index (Phi) is 9.24. The molecule has 8 nitrogen and oxygen atoms in total. The molecule has 0 bridgehead atoms. The molecule has 0 fully saturated rings. The summed E-state index contributed by atoms with van der Waals surface area (Å²) in [7, 11) is 0. The molecule has 35 heavy (non-hydrogen) atoms. The second-order valence-corrected chi connectivity index (χ2v) is 7.94. The second kappa shape index (κ2) is 12.8. The molecular formula is C27H29N5O3. The number of nitrogens with one attached hydrogen (secondary N) is 3. The highest BCUT2D eigenvalue weighted by Gasteiger charge is 2.23. The van der Waals surface area contributed by atoms with Crippen LogP contribution < -0.4 is 5.32 Å². The molecule has 1 amide bonds. The number of amides is 1. The van der Waals surface area contributed by atoms with Crippen molar-refractivity contribution >= 4 is 17.7 Å². The summed E-state index contributed by atoms with van der Waals surface area (Å²) in [6, 6.07) is 26.5. The lowest BCUT2D eigenvalue weighted by molar-refractivity contribution is -0.143. The van der Waals surface area contributed by atoms with Crippen LogP contribution in [-0.2, 0) is 27.3 Å². The number of amidine groups is 1. The number of ether oxygens (including phenoxy) is 1. The maximum atomic E-state index is 12.8. The van der Waals surface area contributed by atoms with E-state index in [-0.39, 0.29) is 19.6 Å². The second-order valence-electron chi connectivity index (χ2n) is 7.94. The molecular weight excluding hydrogens is 442 g/mol. The van der Waals surface area contributed by atoms with Crippen LogP contribution in [0.1, 0.15) is 24.5 Å². The minimum absolute atomic E-state index is 0.0377. The van der Waals surface area contributed by atoms with E-state index in [2.05, 4.69) is 10.5 Å². The molecule has 0 aliphatic carbocycles. The van der Waals surface area contributed by atoms with Crippen LogP contribution >= 0.6 is 0 Å². The van der Waals surface area contributed by atoms with E-state index in [1.54, 1.807) is 6.92 Å². The van der Waals surface area contributed by atoms with E-state index in [4.69, 9.17) is 15.7 Å². The third kappa shape index (κ3) is 7.60. The Hall–Kier alpha value is -4.33. The van der Waals surface area contributed by atoms with Crippen LogP contribution in [0.2, 0.25) is 0 Å². The van der Waals surface area contributed by atoms with Gasteiger partial charge in [0, 0.05) is 6.04 Å². The first-order chi connectivity index (χ1) is 17.0. The van der Waals surface area contributed by atoms with Crippen LogP contribution in [0, 0.1) is 10.9 Å². The zero-order valence-corrected chi connectivity index (χ0v) is 19.6. The summed E-state index contributed by atoms with van der Waals surface area (Å²) < 4.78 is 5.07. The van der Waals surface area contributed by atoms with Crippen molar-refractivity contribution in [3.8, 4) is 11.1 Å². The summed E-state index contributed by atoms with van der Waals surface area (Å²) in [4.78, 5) is 25.0. The van der Waals surface area contributed by atoms with Gasteiger partial charge in [-0.2, -0.15) is 5.53 Å². The first-order valence-electron chi connectivity index (χ1n) is 11.4. The zero-order valence-electron chi connectivity index (χ0n) is 19.6. The van der Waals surface area contributed by atoms with Crippen molar-refractivity contribution in [2.24, 2.45) is 5.22 Å². The molecule has 3 aromatic carbocycles. The van der Waals surface area contributed by atoms with Crippen LogP contribution in [-0.4, -0.2) is 35.4 Å². The fourth-order valence-electron chi connectivity index (χ4n) is 3.64. The lowest BCUT2D eigenvalue weighted by atomic mass is 9.99. The van der Waals surface area contributed by atoms with Gasteiger partial charge in [-0.15, -0.1) is 0 Å². The van der Waals surface area contributed by atoms with Crippen LogP contribution in [0.3, 0.4) is 0 Å². The quantitative estimate of drug-likeness (QED) is 0.130. The Labute approximate surface area is 204 Å². The number of carbonyl (C=O) groups excluding carboxylic acids is 2. The fraction of sp³-hybridized carbons (Fsp3) is 0.222. The first kappa shape index (κ1) is 25.3. The Bertz CT molecular complexity index is 1130. The molecule has 0 saturated carbocycles. The average Bonchev–Trinajstić information content (AvgIpc) is 2.88. The molecule has 3 rings (SSSR count). The van der Waals surface area contributed by atoms with Crippen molar-refractivity contribution < 1.29 is 14.3 Å². The monoisotopic (exact) mass is 471 g/mol. The van der Waals surface area contributed by atoms with Gasteiger partial charge in [-0.3, -0.25) is 15.0 Å².